The molecule has 0 aromatic heterocycles. The molecule has 0 unspecified atom stereocenters. The van der Waals surface area contributed by atoms with E-state index in [0.29, 0.717) is 0 Å². The van der Waals surface area contributed by atoms with Crippen molar-refractivity contribution in [2.75, 3.05) is 13.2 Å². The van der Waals surface area contributed by atoms with Crippen LogP contribution in [0.4, 0.5) is 0 Å². The predicted molar refractivity (Wildman–Crippen MR) is 49.0 cm³/mol. The highest BCUT2D eigenvalue weighted by Gasteiger charge is 2.37. The highest BCUT2D eigenvalue weighted by atomic mass is 16.7. The molecule has 1 rings (SSSR count). The fourth-order valence-corrected chi connectivity index (χ4v) is 1.40. The molecule has 0 spiro atoms. The lowest BCUT2D eigenvalue weighted by molar-refractivity contribution is -0.300. The van der Waals surface area contributed by atoms with Gasteiger partial charge in [0.2, 0.25) is 0 Å². The van der Waals surface area contributed by atoms with E-state index in [9.17, 15) is 0 Å². The summed E-state index contributed by atoms with van der Waals surface area (Å²) in [6.45, 7) is 10.2. The summed E-state index contributed by atoms with van der Waals surface area (Å²) in [5, 5.41) is 0. The van der Waals surface area contributed by atoms with Gasteiger partial charge in [-0.15, -0.1) is 0 Å². The number of hydrogen-bond acceptors (Lipinski definition) is 2. The molecule has 1 aliphatic rings. The van der Waals surface area contributed by atoms with Crippen molar-refractivity contribution in [2.45, 2.75) is 46.3 Å². The van der Waals surface area contributed by atoms with Crippen molar-refractivity contribution < 1.29 is 9.47 Å². The SMILES string of the molecule is CCC1(CC)OCC(C)(C)CO1. The summed E-state index contributed by atoms with van der Waals surface area (Å²) < 4.78 is 11.5. The van der Waals surface area contributed by atoms with E-state index < -0.39 is 0 Å². The monoisotopic (exact) mass is 172 g/mol. The highest BCUT2D eigenvalue weighted by molar-refractivity contribution is 4.78. The van der Waals surface area contributed by atoms with E-state index in [-0.39, 0.29) is 11.2 Å². The Hall–Kier alpha value is -0.0800. The zero-order valence-electron chi connectivity index (χ0n) is 8.64. The Kier molecular flexibility index (Phi) is 2.79. The lowest BCUT2D eigenvalue weighted by Crippen LogP contribution is -2.46. The van der Waals surface area contributed by atoms with Gasteiger partial charge in [0, 0.05) is 5.41 Å². The van der Waals surface area contributed by atoms with Crippen molar-refractivity contribution in [1.29, 1.82) is 0 Å². The fourth-order valence-electron chi connectivity index (χ4n) is 1.40. The maximum atomic E-state index is 5.76. The molecule has 1 fully saturated rings. The first-order valence-electron chi connectivity index (χ1n) is 4.81. The topological polar surface area (TPSA) is 18.5 Å². The van der Waals surface area contributed by atoms with Gasteiger partial charge >= 0.3 is 0 Å². The molecule has 0 radical (unpaired) electrons. The predicted octanol–water partition coefficient (Wildman–Crippen LogP) is 2.58. The molecule has 72 valence electrons. The van der Waals surface area contributed by atoms with E-state index in [1.807, 2.05) is 0 Å². The van der Waals surface area contributed by atoms with Gasteiger partial charge in [-0.1, -0.05) is 27.7 Å². The lowest BCUT2D eigenvalue weighted by Gasteiger charge is -2.42. The van der Waals surface area contributed by atoms with E-state index in [1.54, 1.807) is 0 Å². The van der Waals surface area contributed by atoms with Crippen LogP contribution in [0.3, 0.4) is 0 Å². The molecule has 1 heterocycles. The molecule has 1 aliphatic heterocycles. The Labute approximate surface area is 75.2 Å². The van der Waals surface area contributed by atoms with Crippen molar-refractivity contribution in [3.05, 3.63) is 0 Å². The van der Waals surface area contributed by atoms with Crippen LogP contribution in [-0.4, -0.2) is 19.0 Å². The standard InChI is InChI=1S/C10H20O2/c1-5-10(6-2)11-7-9(3,4)8-12-10/h5-8H2,1-4H3. The Balaban J connectivity index is 2.53. The third kappa shape index (κ3) is 1.99. The van der Waals surface area contributed by atoms with E-state index in [1.165, 1.54) is 0 Å². The summed E-state index contributed by atoms with van der Waals surface area (Å²) in [5.74, 6) is -0.282. The first-order chi connectivity index (χ1) is 5.54. The molecule has 0 aliphatic carbocycles. The van der Waals surface area contributed by atoms with Crippen LogP contribution in [0.25, 0.3) is 0 Å². The normalized spacial score (nSPS) is 27.0. The number of rotatable bonds is 2. The molecule has 1 saturated heterocycles. The van der Waals surface area contributed by atoms with Crippen LogP contribution in [0.5, 0.6) is 0 Å². The molecule has 0 atom stereocenters. The van der Waals surface area contributed by atoms with Crippen molar-refractivity contribution in [2.24, 2.45) is 5.41 Å². The summed E-state index contributed by atoms with van der Waals surface area (Å²) in [4.78, 5) is 0. The minimum Gasteiger partial charge on any atom is -0.349 e. The molecule has 0 aromatic rings. The number of hydrogen-bond donors (Lipinski definition) is 0. The molecule has 0 N–H and O–H groups in total. The van der Waals surface area contributed by atoms with Crippen LogP contribution in [0, 0.1) is 5.41 Å². The highest BCUT2D eigenvalue weighted by Crippen LogP contribution is 2.33. The third-order valence-corrected chi connectivity index (χ3v) is 2.53. The van der Waals surface area contributed by atoms with Gasteiger partial charge < -0.3 is 9.47 Å². The van der Waals surface area contributed by atoms with Crippen LogP contribution in [0.1, 0.15) is 40.5 Å². The van der Waals surface area contributed by atoms with E-state index in [0.717, 1.165) is 26.1 Å². The molecular formula is C10H20O2. The summed E-state index contributed by atoms with van der Waals surface area (Å²) in [6.07, 6.45) is 1.89. The molecule has 0 aromatic carbocycles. The molecule has 0 saturated carbocycles. The van der Waals surface area contributed by atoms with Gasteiger partial charge in [0.15, 0.2) is 5.79 Å². The van der Waals surface area contributed by atoms with Gasteiger partial charge in [0.25, 0.3) is 0 Å². The summed E-state index contributed by atoms with van der Waals surface area (Å²) in [7, 11) is 0. The minimum absolute atomic E-state index is 0.188. The van der Waals surface area contributed by atoms with Crippen molar-refractivity contribution in [1.82, 2.24) is 0 Å². The van der Waals surface area contributed by atoms with Crippen LogP contribution < -0.4 is 0 Å². The van der Waals surface area contributed by atoms with Gasteiger partial charge in [-0.05, 0) is 12.8 Å². The van der Waals surface area contributed by atoms with Crippen LogP contribution >= 0.6 is 0 Å². The van der Waals surface area contributed by atoms with Gasteiger partial charge in [-0.25, -0.2) is 0 Å². The number of ether oxygens (including phenoxy) is 2. The Morgan fingerprint density at radius 3 is 1.75 bits per heavy atom. The summed E-state index contributed by atoms with van der Waals surface area (Å²) in [5.41, 5.74) is 0.188. The van der Waals surface area contributed by atoms with E-state index in [2.05, 4.69) is 27.7 Å². The van der Waals surface area contributed by atoms with E-state index >= 15 is 0 Å². The third-order valence-electron chi connectivity index (χ3n) is 2.53. The minimum atomic E-state index is -0.282. The molecule has 2 heteroatoms. The second kappa shape index (κ2) is 3.35. The summed E-state index contributed by atoms with van der Waals surface area (Å²) >= 11 is 0. The average molecular weight is 172 g/mol. The first-order valence-corrected chi connectivity index (χ1v) is 4.81. The zero-order chi connectivity index (χ0) is 9.24. The quantitative estimate of drug-likeness (QED) is 0.637. The van der Waals surface area contributed by atoms with E-state index in [4.69, 9.17) is 9.47 Å². The van der Waals surface area contributed by atoms with Crippen molar-refractivity contribution in [3.63, 3.8) is 0 Å². The second-order valence-electron chi connectivity index (χ2n) is 4.36. The largest absolute Gasteiger partial charge is 0.349 e. The summed E-state index contributed by atoms with van der Waals surface area (Å²) in [6, 6.07) is 0. The maximum Gasteiger partial charge on any atom is 0.167 e. The molecule has 0 bridgehead atoms. The first kappa shape index (κ1) is 10.0. The Morgan fingerprint density at radius 2 is 1.42 bits per heavy atom. The maximum absolute atomic E-state index is 5.76. The van der Waals surface area contributed by atoms with Gasteiger partial charge in [0.1, 0.15) is 0 Å². The van der Waals surface area contributed by atoms with Crippen molar-refractivity contribution in [3.8, 4) is 0 Å². The van der Waals surface area contributed by atoms with Gasteiger partial charge in [-0.3, -0.25) is 0 Å². The molecule has 0 amide bonds. The van der Waals surface area contributed by atoms with Crippen LogP contribution in [0.2, 0.25) is 0 Å². The zero-order valence-corrected chi connectivity index (χ0v) is 8.64. The fraction of sp³-hybridized carbons (Fsp3) is 1.00. The molecular weight excluding hydrogens is 152 g/mol. The lowest BCUT2D eigenvalue weighted by atomic mass is 9.94. The van der Waals surface area contributed by atoms with Gasteiger partial charge in [0.05, 0.1) is 13.2 Å². The Bertz CT molecular complexity index is 136. The van der Waals surface area contributed by atoms with Crippen molar-refractivity contribution >= 4 is 0 Å². The Morgan fingerprint density at radius 1 is 1.00 bits per heavy atom. The molecule has 2 nitrogen and oxygen atoms in total. The van der Waals surface area contributed by atoms with Crippen LogP contribution in [-0.2, 0) is 9.47 Å². The van der Waals surface area contributed by atoms with Crippen LogP contribution in [0.15, 0.2) is 0 Å². The average Bonchev–Trinajstić information content (AvgIpc) is 2.06. The second-order valence-corrected chi connectivity index (χ2v) is 4.36. The smallest absolute Gasteiger partial charge is 0.167 e. The van der Waals surface area contributed by atoms with Gasteiger partial charge in [-0.2, -0.15) is 0 Å². The molecule has 12 heavy (non-hydrogen) atoms.